The summed E-state index contributed by atoms with van der Waals surface area (Å²) in [6, 6.07) is 0. The van der Waals surface area contributed by atoms with Crippen molar-refractivity contribution in [3.63, 3.8) is 0 Å². The van der Waals surface area contributed by atoms with Crippen molar-refractivity contribution in [1.29, 1.82) is 0 Å². The van der Waals surface area contributed by atoms with Crippen molar-refractivity contribution in [3.05, 3.63) is 0 Å². The maximum Gasteiger partial charge on any atom is 0.407 e. The third-order valence-corrected chi connectivity index (χ3v) is 2.46. The number of likely N-dealkylation sites (tertiary alicyclic amines) is 1. The molecule has 2 fully saturated rings. The van der Waals surface area contributed by atoms with Crippen molar-refractivity contribution in [2.24, 2.45) is 0 Å². The van der Waals surface area contributed by atoms with Crippen LogP contribution < -0.4 is 5.32 Å². The van der Waals surface area contributed by atoms with Crippen LogP contribution in [0.25, 0.3) is 0 Å². The first kappa shape index (κ1) is 8.77. The Kier molecular flexibility index (Phi) is 2.37. The monoisotopic (exact) mass is 186 g/mol. The maximum absolute atomic E-state index is 10.7. The topological polar surface area (TPSA) is 61.8 Å². The second-order valence-electron chi connectivity index (χ2n) is 3.61. The van der Waals surface area contributed by atoms with Crippen LogP contribution in [-0.2, 0) is 4.74 Å². The highest BCUT2D eigenvalue weighted by atomic mass is 16.6. The first-order chi connectivity index (χ1) is 6.24. The van der Waals surface area contributed by atoms with E-state index >= 15 is 0 Å². The van der Waals surface area contributed by atoms with Gasteiger partial charge in [-0.3, -0.25) is 4.90 Å². The van der Waals surface area contributed by atoms with Crippen molar-refractivity contribution < 1.29 is 14.6 Å². The Morgan fingerprint density at radius 1 is 1.69 bits per heavy atom. The molecule has 0 bridgehead atoms. The summed E-state index contributed by atoms with van der Waals surface area (Å²) in [6.07, 6.45) is 0.251. The summed E-state index contributed by atoms with van der Waals surface area (Å²) in [6.45, 7) is 2.92. The molecule has 5 nitrogen and oxygen atoms in total. The molecule has 0 aliphatic carbocycles. The summed E-state index contributed by atoms with van der Waals surface area (Å²) in [4.78, 5) is 12.8. The summed E-state index contributed by atoms with van der Waals surface area (Å²) in [7, 11) is 0. The largest absolute Gasteiger partial charge is 0.443 e. The number of carbonyl (C=O) groups excluding carboxylic acids is 1. The van der Waals surface area contributed by atoms with E-state index in [1.165, 1.54) is 0 Å². The summed E-state index contributed by atoms with van der Waals surface area (Å²) in [5, 5.41) is 11.9. The van der Waals surface area contributed by atoms with Crippen LogP contribution in [-0.4, -0.2) is 54.5 Å². The van der Waals surface area contributed by atoms with Crippen molar-refractivity contribution in [2.45, 2.75) is 18.6 Å². The zero-order valence-corrected chi connectivity index (χ0v) is 7.40. The van der Waals surface area contributed by atoms with Gasteiger partial charge < -0.3 is 15.2 Å². The van der Waals surface area contributed by atoms with Gasteiger partial charge in [0, 0.05) is 19.6 Å². The lowest BCUT2D eigenvalue weighted by atomic mass is 10.3. The molecule has 2 aliphatic heterocycles. The lowest BCUT2D eigenvalue weighted by molar-refractivity contribution is 0.109. The SMILES string of the molecule is O=C1NCC(CN2CCC(O)C2)O1. The highest BCUT2D eigenvalue weighted by molar-refractivity contribution is 5.69. The number of amides is 1. The predicted octanol–water partition coefficient (Wildman–Crippen LogP) is -0.839. The Morgan fingerprint density at radius 3 is 3.08 bits per heavy atom. The maximum atomic E-state index is 10.7. The summed E-state index contributed by atoms with van der Waals surface area (Å²) in [5.41, 5.74) is 0. The van der Waals surface area contributed by atoms with E-state index in [0.717, 1.165) is 19.5 Å². The molecule has 0 aromatic carbocycles. The second-order valence-corrected chi connectivity index (χ2v) is 3.61. The number of hydrogen-bond donors (Lipinski definition) is 2. The Balaban J connectivity index is 1.75. The molecule has 13 heavy (non-hydrogen) atoms. The van der Waals surface area contributed by atoms with Crippen LogP contribution in [0.3, 0.4) is 0 Å². The third-order valence-electron chi connectivity index (χ3n) is 2.46. The molecule has 0 saturated carbocycles. The average Bonchev–Trinajstić information content (AvgIpc) is 2.62. The van der Waals surface area contributed by atoms with Gasteiger partial charge in [-0.1, -0.05) is 0 Å². The number of aliphatic hydroxyl groups excluding tert-OH is 1. The number of alkyl carbamates (subject to hydrolysis) is 1. The Bertz CT molecular complexity index is 210. The third kappa shape index (κ3) is 2.10. The number of nitrogens with zero attached hydrogens (tertiary/aromatic N) is 1. The van der Waals surface area contributed by atoms with Gasteiger partial charge in [-0.2, -0.15) is 0 Å². The molecule has 74 valence electrons. The van der Waals surface area contributed by atoms with E-state index in [9.17, 15) is 9.90 Å². The second kappa shape index (κ2) is 3.51. The molecule has 5 heteroatoms. The van der Waals surface area contributed by atoms with Crippen LogP contribution in [0.4, 0.5) is 4.79 Å². The number of nitrogens with one attached hydrogen (secondary N) is 1. The van der Waals surface area contributed by atoms with Crippen LogP contribution in [0.5, 0.6) is 0 Å². The Hall–Kier alpha value is -0.810. The number of aliphatic hydroxyl groups is 1. The average molecular weight is 186 g/mol. The van der Waals surface area contributed by atoms with Crippen LogP contribution in [0.15, 0.2) is 0 Å². The zero-order chi connectivity index (χ0) is 9.26. The number of carbonyl (C=O) groups is 1. The minimum Gasteiger partial charge on any atom is -0.443 e. The zero-order valence-electron chi connectivity index (χ0n) is 7.40. The van der Waals surface area contributed by atoms with Crippen molar-refractivity contribution >= 4 is 6.09 Å². The molecular weight excluding hydrogens is 172 g/mol. The van der Waals surface area contributed by atoms with E-state index in [1.54, 1.807) is 0 Å². The van der Waals surface area contributed by atoms with E-state index in [4.69, 9.17) is 4.74 Å². The lowest BCUT2D eigenvalue weighted by Gasteiger charge is -2.17. The fourth-order valence-electron chi connectivity index (χ4n) is 1.80. The molecule has 2 unspecified atom stereocenters. The number of rotatable bonds is 2. The van der Waals surface area contributed by atoms with Crippen LogP contribution in [0.1, 0.15) is 6.42 Å². The van der Waals surface area contributed by atoms with E-state index in [-0.39, 0.29) is 18.3 Å². The van der Waals surface area contributed by atoms with Gasteiger partial charge in [0.2, 0.25) is 0 Å². The summed E-state index contributed by atoms with van der Waals surface area (Å²) in [5.74, 6) is 0. The normalized spacial score (nSPS) is 34.7. The number of β-amino-alcohol motifs (C(OH)–C–C–N with tert-alkyl or cyclic N) is 1. The lowest BCUT2D eigenvalue weighted by Crippen LogP contribution is -2.33. The van der Waals surface area contributed by atoms with Gasteiger partial charge in [0.15, 0.2) is 0 Å². The van der Waals surface area contributed by atoms with Gasteiger partial charge in [0.05, 0.1) is 12.6 Å². The number of cyclic esters (lactones) is 1. The first-order valence-corrected chi connectivity index (χ1v) is 4.59. The summed E-state index contributed by atoms with van der Waals surface area (Å²) < 4.78 is 4.99. The van der Waals surface area contributed by atoms with Crippen LogP contribution in [0.2, 0.25) is 0 Å². The molecule has 0 radical (unpaired) electrons. The van der Waals surface area contributed by atoms with Crippen LogP contribution in [0, 0.1) is 0 Å². The van der Waals surface area contributed by atoms with Crippen molar-refractivity contribution in [1.82, 2.24) is 10.2 Å². The van der Waals surface area contributed by atoms with E-state index in [0.29, 0.717) is 13.1 Å². The van der Waals surface area contributed by atoms with Gasteiger partial charge in [0.25, 0.3) is 0 Å². The minimum absolute atomic E-state index is 0.0437. The molecule has 1 amide bonds. The number of ether oxygens (including phenoxy) is 1. The van der Waals surface area contributed by atoms with Gasteiger partial charge in [-0.25, -0.2) is 4.79 Å². The van der Waals surface area contributed by atoms with E-state index < -0.39 is 0 Å². The first-order valence-electron chi connectivity index (χ1n) is 4.59. The molecule has 2 atom stereocenters. The fourth-order valence-corrected chi connectivity index (χ4v) is 1.80. The molecule has 0 spiro atoms. The Morgan fingerprint density at radius 2 is 2.54 bits per heavy atom. The molecule has 2 N–H and O–H groups in total. The molecular formula is C8H14N2O3. The van der Waals surface area contributed by atoms with Crippen molar-refractivity contribution in [3.8, 4) is 0 Å². The highest BCUT2D eigenvalue weighted by Crippen LogP contribution is 2.11. The van der Waals surface area contributed by atoms with Crippen LogP contribution >= 0.6 is 0 Å². The minimum atomic E-state index is -0.329. The predicted molar refractivity (Wildman–Crippen MR) is 45.3 cm³/mol. The fraction of sp³-hybridized carbons (Fsp3) is 0.875. The molecule has 0 aromatic rings. The van der Waals surface area contributed by atoms with Crippen molar-refractivity contribution in [2.75, 3.05) is 26.2 Å². The molecule has 2 saturated heterocycles. The van der Waals surface area contributed by atoms with Gasteiger partial charge in [-0.05, 0) is 6.42 Å². The van der Waals surface area contributed by atoms with E-state index in [1.807, 2.05) is 0 Å². The van der Waals surface area contributed by atoms with Gasteiger partial charge in [0.1, 0.15) is 6.10 Å². The van der Waals surface area contributed by atoms with Gasteiger partial charge in [-0.15, -0.1) is 0 Å². The quantitative estimate of drug-likeness (QED) is 0.590. The summed E-state index contributed by atoms with van der Waals surface area (Å²) >= 11 is 0. The highest BCUT2D eigenvalue weighted by Gasteiger charge is 2.28. The Labute approximate surface area is 76.7 Å². The van der Waals surface area contributed by atoms with E-state index in [2.05, 4.69) is 10.2 Å². The standard InChI is InChI=1S/C8H14N2O3/c11-6-1-2-10(4-6)5-7-3-9-8(12)13-7/h6-7,11H,1-5H2,(H,9,12). The molecule has 2 aliphatic rings. The molecule has 2 heterocycles. The van der Waals surface area contributed by atoms with Gasteiger partial charge >= 0.3 is 6.09 Å². The molecule has 2 rings (SSSR count). The smallest absolute Gasteiger partial charge is 0.407 e. The molecule has 0 aromatic heterocycles. The number of hydrogen-bond acceptors (Lipinski definition) is 4.